The molecule has 0 radical (unpaired) electrons. The van der Waals surface area contributed by atoms with Crippen LogP contribution in [0, 0.1) is 0 Å². The molecule has 0 saturated heterocycles. The number of hydrogen-bond donors (Lipinski definition) is 1. The summed E-state index contributed by atoms with van der Waals surface area (Å²) in [6.45, 7) is 2.48. The number of benzene rings is 3. The molecule has 0 saturated carbocycles. The number of hydrogen-bond acceptors (Lipinski definition) is 3. The zero-order valence-electron chi connectivity index (χ0n) is 16.8. The molecule has 0 bridgehead atoms. The van der Waals surface area contributed by atoms with Gasteiger partial charge in [0.05, 0.1) is 5.52 Å². The maximum absolute atomic E-state index is 12.0. The number of pyridine rings is 1. The Hall–Kier alpha value is -3.53. The van der Waals surface area contributed by atoms with Crippen molar-refractivity contribution in [3.8, 4) is 5.75 Å². The molecule has 0 amide bonds. The Morgan fingerprint density at radius 1 is 0.900 bits per heavy atom. The highest BCUT2D eigenvalue weighted by molar-refractivity contribution is 5.87. The average Bonchev–Trinajstić information content (AvgIpc) is 3.20. The minimum atomic E-state index is -0.113. The molecule has 4 nitrogen and oxygen atoms in total. The number of aromatic nitrogens is 1. The fourth-order valence-electron chi connectivity index (χ4n) is 4.25. The summed E-state index contributed by atoms with van der Waals surface area (Å²) in [7, 11) is 0. The van der Waals surface area contributed by atoms with Crippen LogP contribution in [0.5, 0.6) is 5.75 Å². The number of H-pyrrole nitrogens is 1. The van der Waals surface area contributed by atoms with Crippen LogP contribution in [0.2, 0.25) is 0 Å². The van der Waals surface area contributed by atoms with Crippen molar-refractivity contribution in [3.63, 3.8) is 0 Å². The van der Waals surface area contributed by atoms with Crippen molar-refractivity contribution in [1.29, 1.82) is 0 Å². The number of ether oxygens (including phenoxy) is 1. The number of nitrogens with one attached hydrogen (secondary N) is 1. The molecule has 30 heavy (non-hydrogen) atoms. The van der Waals surface area contributed by atoms with Gasteiger partial charge in [0.1, 0.15) is 12.4 Å². The van der Waals surface area contributed by atoms with Crippen molar-refractivity contribution in [1.82, 2.24) is 4.98 Å². The quantitative estimate of drug-likeness (QED) is 0.513. The Bertz CT molecular complexity index is 1230. The zero-order valence-corrected chi connectivity index (χ0v) is 16.8. The number of anilines is 1. The van der Waals surface area contributed by atoms with Gasteiger partial charge in [0.25, 0.3) is 0 Å². The Morgan fingerprint density at radius 2 is 1.73 bits per heavy atom. The zero-order chi connectivity index (χ0) is 20.3. The molecule has 1 aromatic heterocycles. The van der Waals surface area contributed by atoms with Crippen LogP contribution in [0.1, 0.15) is 16.7 Å². The first-order chi connectivity index (χ1) is 14.8. The van der Waals surface area contributed by atoms with Gasteiger partial charge in [-0.25, -0.2) is 0 Å². The van der Waals surface area contributed by atoms with E-state index in [1.165, 1.54) is 16.8 Å². The van der Waals surface area contributed by atoms with E-state index in [0.29, 0.717) is 12.4 Å². The Kier molecular flexibility index (Phi) is 4.98. The number of para-hydroxylation sites is 1. The third kappa shape index (κ3) is 3.69. The summed E-state index contributed by atoms with van der Waals surface area (Å²) in [5.74, 6) is 0.710. The topological polar surface area (TPSA) is 45.3 Å². The smallest absolute Gasteiger partial charge is 0.248 e. The summed E-state index contributed by atoms with van der Waals surface area (Å²) < 4.78 is 6.06. The van der Waals surface area contributed by atoms with Crippen molar-refractivity contribution < 1.29 is 4.74 Å². The molecular weight excluding hydrogens is 372 g/mol. The minimum Gasteiger partial charge on any atom is -0.487 e. The van der Waals surface area contributed by atoms with E-state index in [9.17, 15) is 4.79 Å². The summed E-state index contributed by atoms with van der Waals surface area (Å²) in [5, 5.41) is 1.05. The third-order valence-corrected chi connectivity index (χ3v) is 5.82. The molecule has 4 heteroatoms. The first kappa shape index (κ1) is 18.5. The van der Waals surface area contributed by atoms with Crippen LogP contribution in [0.4, 0.5) is 5.69 Å². The van der Waals surface area contributed by atoms with E-state index in [1.54, 1.807) is 6.07 Å². The molecule has 4 aromatic rings. The van der Waals surface area contributed by atoms with E-state index in [1.807, 2.05) is 42.5 Å². The van der Waals surface area contributed by atoms with Gasteiger partial charge in [0.15, 0.2) is 0 Å². The highest BCUT2D eigenvalue weighted by Crippen LogP contribution is 2.30. The van der Waals surface area contributed by atoms with Crippen LogP contribution >= 0.6 is 0 Å². The fourth-order valence-corrected chi connectivity index (χ4v) is 4.25. The molecule has 0 fully saturated rings. The highest BCUT2D eigenvalue weighted by atomic mass is 16.5. The van der Waals surface area contributed by atoms with Gasteiger partial charge in [0.2, 0.25) is 5.56 Å². The molecule has 150 valence electrons. The van der Waals surface area contributed by atoms with E-state index in [2.05, 4.69) is 40.2 Å². The normalized spacial score (nSPS) is 12.9. The van der Waals surface area contributed by atoms with Gasteiger partial charge in [-0.3, -0.25) is 4.79 Å². The molecule has 5 rings (SSSR count). The lowest BCUT2D eigenvalue weighted by Gasteiger charge is -2.20. The summed E-state index contributed by atoms with van der Waals surface area (Å²) in [6, 6.07) is 26.3. The first-order valence-corrected chi connectivity index (χ1v) is 10.4. The van der Waals surface area contributed by atoms with Gasteiger partial charge < -0.3 is 14.6 Å². The second kappa shape index (κ2) is 8.07. The molecule has 0 aliphatic carbocycles. The molecule has 0 spiro atoms. The highest BCUT2D eigenvalue weighted by Gasteiger charge is 2.18. The monoisotopic (exact) mass is 396 g/mol. The van der Waals surface area contributed by atoms with Gasteiger partial charge in [-0.15, -0.1) is 0 Å². The van der Waals surface area contributed by atoms with Crippen LogP contribution < -0.4 is 15.2 Å². The van der Waals surface area contributed by atoms with E-state index in [0.717, 1.165) is 42.4 Å². The second-order valence-corrected chi connectivity index (χ2v) is 7.72. The summed E-state index contributed by atoms with van der Waals surface area (Å²) in [4.78, 5) is 17.4. The van der Waals surface area contributed by atoms with Gasteiger partial charge in [0, 0.05) is 30.2 Å². The predicted molar refractivity (Wildman–Crippen MR) is 121 cm³/mol. The van der Waals surface area contributed by atoms with Gasteiger partial charge in [-0.05, 0) is 47.7 Å². The summed E-state index contributed by atoms with van der Waals surface area (Å²) in [5.41, 5.74) is 5.75. The van der Waals surface area contributed by atoms with Crippen molar-refractivity contribution in [2.24, 2.45) is 0 Å². The lowest BCUT2D eigenvalue weighted by molar-refractivity contribution is 0.309. The van der Waals surface area contributed by atoms with Crippen LogP contribution in [-0.2, 0) is 19.4 Å². The summed E-state index contributed by atoms with van der Waals surface area (Å²) in [6.07, 6.45) is 2.02. The number of nitrogens with zero attached hydrogens (tertiary/aromatic N) is 1. The molecule has 2 heterocycles. The average molecular weight is 396 g/mol. The van der Waals surface area contributed by atoms with Crippen molar-refractivity contribution in [2.75, 3.05) is 18.0 Å². The summed E-state index contributed by atoms with van der Waals surface area (Å²) >= 11 is 0. The molecule has 1 N–H and O–H groups in total. The maximum Gasteiger partial charge on any atom is 0.248 e. The van der Waals surface area contributed by atoms with E-state index >= 15 is 0 Å². The molecule has 0 atom stereocenters. The second-order valence-electron chi connectivity index (χ2n) is 7.72. The van der Waals surface area contributed by atoms with Crippen LogP contribution in [-0.4, -0.2) is 18.1 Å². The van der Waals surface area contributed by atoms with E-state index in [4.69, 9.17) is 4.74 Å². The Balaban J connectivity index is 1.39. The van der Waals surface area contributed by atoms with Gasteiger partial charge in [-0.2, -0.15) is 0 Å². The lowest BCUT2D eigenvalue weighted by atomic mass is 10.0. The van der Waals surface area contributed by atoms with Crippen molar-refractivity contribution >= 4 is 16.6 Å². The predicted octanol–water partition coefficient (Wildman–Crippen LogP) is 4.71. The van der Waals surface area contributed by atoms with Crippen LogP contribution in [0.25, 0.3) is 10.9 Å². The molecular formula is C26H24N2O2. The third-order valence-electron chi connectivity index (χ3n) is 5.82. The molecule has 1 aliphatic rings. The van der Waals surface area contributed by atoms with Crippen molar-refractivity contribution in [2.45, 2.75) is 19.4 Å². The van der Waals surface area contributed by atoms with Crippen LogP contribution in [0.15, 0.2) is 83.7 Å². The number of rotatable bonds is 6. The Labute approximate surface area is 175 Å². The van der Waals surface area contributed by atoms with Gasteiger partial charge in [-0.1, -0.05) is 54.6 Å². The molecule has 1 aliphatic heterocycles. The number of aromatic amines is 1. The largest absolute Gasteiger partial charge is 0.487 e. The molecule has 3 aromatic carbocycles. The lowest BCUT2D eigenvalue weighted by Crippen LogP contribution is -2.23. The van der Waals surface area contributed by atoms with E-state index < -0.39 is 0 Å². The first-order valence-electron chi connectivity index (χ1n) is 10.4. The number of fused-ring (bicyclic) bond motifs is 2. The Morgan fingerprint density at radius 3 is 2.63 bits per heavy atom. The minimum absolute atomic E-state index is 0.113. The standard InChI is InChI=1S/C26H24N2O2/c29-25-13-11-22-20(14-16-28-17-15-21-8-4-5-9-23(21)28)10-12-24(26(22)27-25)30-18-19-6-2-1-3-7-19/h1-13H,14-18H2,(H,27,29). The van der Waals surface area contributed by atoms with E-state index in [-0.39, 0.29) is 5.56 Å². The molecule has 0 unspecified atom stereocenters. The SMILES string of the molecule is O=c1ccc2c(CCN3CCc4ccccc43)ccc(OCc3ccccc3)c2[nH]1. The van der Waals surface area contributed by atoms with Crippen LogP contribution in [0.3, 0.4) is 0 Å². The maximum atomic E-state index is 12.0. The van der Waals surface area contributed by atoms with Crippen molar-refractivity contribution in [3.05, 3.63) is 106 Å². The van der Waals surface area contributed by atoms with Gasteiger partial charge >= 0.3 is 0 Å². The fraction of sp³-hybridized carbons (Fsp3) is 0.192.